The molecule has 2 aromatic rings. The van der Waals surface area contributed by atoms with E-state index in [0.717, 1.165) is 21.3 Å². The zero-order valence-electron chi connectivity index (χ0n) is 17.7. The van der Waals surface area contributed by atoms with E-state index in [-0.39, 0.29) is 29.0 Å². The number of halogens is 1. The van der Waals surface area contributed by atoms with Crippen LogP contribution in [-0.2, 0) is 19.6 Å². The predicted molar refractivity (Wildman–Crippen MR) is 113 cm³/mol. The van der Waals surface area contributed by atoms with Crippen LogP contribution in [0, 0.1) is 5.82 Å². The van der Waals surface area contributed by atoms with Crippen LogP contribution in [0.2, 0.25) is 0 Å². The molecule has 0 aliphatic carbocycles. The normalized spacial score (nSPS) is 17.2. The zero-order chi connectivity index (χ0) is 23.5. The van der Waals surface area contributed by atoms with Gasteiger partial charge in [0.15, 0.2) is 6.10 Å². The Morgan fingerprint density at radius 2 is 1.75 bits per heavy atom. The molecule has 0 spiro atoms. The number of esters is 1. The van der Waals surface area contributed by atoms with Gasteiger partial charge in [0, 0.05) is 26.2 Å². The maximum absolute atomic E-state index is 13.2. The molecule has 0 unspecified atom stereocenters. The molecule has 0 aromatic heterocycles. The van der Waals surface area contributed by atoms with Crippen molar-refractivity contribution in [2.45, 2.75) is 30.3 Å². The Labute approximate surface area is 185 Å². The highest BCUT2D eigenvalue weighted by atomic mass is 32.2. The molecule has 1 saturated heterocycles. The molecule has 1 atom stereocenters. The minimum atomic E-state index is -3.76. The van der Waals surface area contributed by atoms with Crippen LogP contribution >= 0.6 is 0 Å². The lowest BCUT2D eigenvalue weighted by Crippen LogP contribution is -2.43. The molecule has 2 amide bonds. The summed E-state index contributed by atoms with van der Waals surface area (Å²) in [6.07, 6.45) is 0.117. The number of carbonyl (C=O) groups is 3. The summed E-state index contributed by atoms with van der Waals surface area (Å²) in [5.41, 5.74) is 0.120. The molecular formula is C22H23FN2O6S. The first kappa shape index (κ1) is 23.6. The summed E-state index contributed by atoms with van der Waals surface area (Å²) < 4.78 is 44.2. The fourth-order valence-electron chi connectivity index (χ4n) is 3.26. The van der Waals surface area contributed by atoms with Crippen molar-refractivity contribution >= 4 is 27.8 Å². The van der Waals surface area contributed by atoms with E-state index in [0.29, 0.717) is 12.8 Å². The fraction of sp³-hybridized carbons (Fsp3) is 0.318. The molecule has 10 heteroatoms. The number of rotatable bonds is 5. The van der Waals surface area contributed by atoms with E-state index in [9.17, 15) is 27.2 Å². The molecule has 32 heavy (non-hydrogen) atoms. The predicted octanol–water partition coefficient (Wildman–Crippen LogP) is 2.45. The molecule has 1 heterocycles. The van der Waals surface area contributed by atoms with Crippen LogP contribution in [0.1, 0.15) is 40.0 Å². The first-order valence-electron chi connectivity index (χ1n) is 9.96. The van der Waals surface area contributed by atoms with Gasteiger partial charge in [-0.15, -0.1) is 0 Å². The van der Waals surface area contributed by atoms with Gasteiger partial charge in [0.2, 0.25) is 10.0 Å². The van der Waals surface area contributed by atoms with Gasteiger partial charge in [0.1, 0.15) is 5.82 Å². The van der Waals surface area contributed by atoms with Crippen LogP contribution in [0.25, 0.3) is 0 Å². The standard InChI is InChI=1S/C22H23FN2O6S/c1-24(2)32(29,30)18-7-5-6-16(14-18)22(28)31-19-8-3-4-13-25(21(19)27)20(26)15-9-11-17(23)12-10-15/h5-7,9-12,14,19H,3-4,8,13H2,1-2H3/t19-/m0/s1. The van der Waals surface area contributed by atoms with E-state index in [4.69, 9.17) is 4.74 Å². The fourth-order valence-corrected chi connectivity index (χ4v) is 4.21. The maximum Gasteiger partial charge on any atom is 0.338 e. The van der Waals surface area contributed by atoms with Gasteiger partial charge >= 0.3 is 5.97 Å². The minimum Gasteiger partial charge on any atom is -0.449 e. The van der Waals surface area contributed by atoms with Gasteiger partial charge in [0.05, 0.1) is 10.5 Å². The number of carbonyl (C=O) groups excluding carboxylic acids is 3. The van der Waals surface area contributed by atoms with E-state index in [2.05, 4.69) is 0 Å². The van der Waals surface area contributed by atoms with Gasteiger partial charge in [-0.3, -0.25) is 14.5 Å². The topological polar surface area (TPSA) is 101 Å². The highest BCUT2D eigenvalue weighted by Gasteiger charge is 2.34. The first-order chi connectivity index (χ1) is 15.1. The third-order valence-electron chi connectivity index (χ3n) is 5.07. The number of ether oxygens (including phenoxy) is 1. The summed E-state index contributed by atoms with van der Waals surface area (Å²) in [7, 11) is -1.01. The number of nitrogens with zero attached hydrogens (tertiary/aromatic N) is 2. The molecule has 3 rings (SSSR count). The first-order valence-corrected chi connectivity index (χ1v) is 11.4. The molecule has 0 saturated carbocycles. The van der Waals surface area contributed by atoms with E-state index < -0.39 is 39.7 Å². The number of hydrogen-bond acceptors (Lipinski definition) is 6. The lowest BCUT2D eigenvalue weighted by atomic mass is 10.1. The molecule has 0 radical (unpaired) electrons. The summed E-state index contributed by atoms with van der Waals surface area (Å²) in [5.74, 6) is -2.64. The third-order valence-corrected chi connectivity index (χ3v) is 6.88. The maximum atomic E-state index is 13.2. The van der Waals surface area contributed by atoms with Crippen molar-refractivity contribution in [3.63, 3.8) is 0 Å². The van der Waals surface area contributed by atoms with Gasteiger partial charge in [-0.2, -0.15) is 0 Å². The van der Waals surface area contributed by atoms with E-state index in [1.807, 2.05) is 0 Å². The summed E-state index contributed by atoms with van der Waals surface area (Å²) in [6.45, 7) is 0.152. The second kappa shape index (κ2) is 9.58. The van der Waals surface area contributed by atoms with Gasteiger partial charge in [-0.05, 0) is 61.7 Å². The quantitative estimate of drug-likeness (QED) is 0.500. The average Bonchev–Trinajstić information content (AvgIpc) is 2.95. The largest absolute Gasteiger partial charge is 0.449 e. The minimum absolute atomic E-state index is 0.0265. The Hall–Kier alpha value is -3.11. The van der Waals surface area contributed by atoms with Crippen molar-refractivity contribution in [3.05, 3.63) is 65.5 Å². The number of amides is 2. The summed E-state index contributed by atoms with van der Waals surface area (Å²) in [4.78, 5) is 39.3. The molecule has 0 bridgehead atoms. The van der Waals surface area contributed by atoms with Gasteiger partial charge < -0.3 is 4.74 Å². The van der Waals surface area contributed by atoms with E-state index >= 15 is 0 Å². The van der Waals surface area contributed by atoms with E-state index in [1.54, 1.807) is 0 Å². The molecule has 1 aliphatic heterocycles. The summed E-state index contributed by atoms with van der Waals surface area (Å²) in [6, 6.07) is 10.2. The average molecular weight is 462 g/mol. The number of imide groups is 1. The van der Waals surface area contributed by atoms with Crippen molar-refractivity contribution in [1.82, 2.24) is 9.21 Å². The molecular weight excluding hydrogens is 439 g/mol. The molecule has 8 nitrogen and oxygen atoms in total. The molecule has 1 aliphatic rings. The SMILES string of the molecule is CN(C)S(=O)(=O)c1cccc(C(=O)O[C@H]2CCCCN(C(=O)c3ccc(F)cc3)C2=O)c1. The Balaban J connectivity index is 1.79. The highest BCUT2D eigenvalue weighted by molar-refractivity contribution is 7.89. The lowest BCUT2D eigenvalue weighted by molar-refractivity contribution is -0.137. The Bertz CT molecular complexity index is 1130. The van der Waals surface area contributed by atoms with Crippen LogP contribution in [0.3, 0.4) is 0 Å². The second-order valence-electron chi connectivity index (χ2n) is 7.51. The van der Waals surface area contributed by atoms with Crippen molar-refractivity contribution < 1.29 is 31.9 Å². The molecule has 0 N–H and O–H groups in total. The van der Waals surface area contributed by atoms with E-state index in [1.165, 1.54) is 50.5 Å². The Morgan fingerprint density at radius 3 is 2.41 bits per heavy atom. The lowest BCUT2D eigenvalue weighted by Gasteiger charge is -2.23. The van der Waals surface area contributed by atoms with Crippen LogP contribution < -0.4 is 0 Å². The zero-order valence-corrected chi connectivity index (χ0v) is 18.5. The Morgan fingerprint density at radius 1 is 1.06 bits per heavy atom. The molecule has 1 fully saturated rings. The summed E-state index contributed by atoms with van der Waals surface area (Å²) in [5, 5.41) is 0. The number of sulfonamides is 1. The number of hydrogen-bond donors (Lipinski definition) is 0. The monoisotopic (exact) mass is 462 g/mol. The van der Waals surface area contributed by atoms with Crippen molar-refractivity contribution in [1.29, 1.82) is 0 Å². The van der Waals surface area contributed by atoms with Gasteiger partial charge in [-0.25, -0.2) is 21.9 Å². The number of benzene rings is 2. The van der Waals surface area contributed by atoms with Crippen molar-refractivity contribution in [2.75, 3.05) is 20.6 Å². The van der Waals surface area contributed by atoms with Crippen molar-refractivity contribution in [2.24, 2.45) is 0 Å². The van der Waals surface area contributed by atoms with Crippen LogP contribution in [0.15, 0.2) is 53.4 Å². The third kappa shape index (κ3) is 5.03. The summed E-state index contributed by atoms with van der Waals surface area (Å²) >= 11 is 0. The van der Waals surface area contributed by atoms with Crippen LogP contribution in [0.5, 0.6) is 0 Å². The molecule has 2 aromatic carbocycles. The highest BCUT2D eigenvalue weighted by Crippen LogP contribution is 2.21. The van der Waals surface area contributed by atoms with Gasteiger partial charge in [0.25, 0.3) is 11.8 Å². The second-order valence-corrected chi connectivity index (χ2v) is 9.66. The van der Waals surface area contributed by atoms with Crippen LogP contribution in [0.4, 0.5) is 4.39 Å². The smallest absolute Gasteiger partial charge is 0.338 e. The van der Waals surface area contributed by atoms with Crippen molar-refractivity contribution in [3.8, 4) is 0 Å². The number of likely N-dealkylation sites (tertiary alicyclic amines) is 1. The Kier molecular flexibility index (Phi) is 7.05. The molecule has 170 valence electrons. The van der Waals surface area contributed by atoms with Gasteiger partial charge in [-0.1, -0.05) is 6.07 Å². The van der Waals surface area contributed by atoms with Crippen LogP contribution in [-0.4, -0.2) is 62.2 Å².